The third-order valence-corrected chi connectivity index (χ3v) is 7.72. The van der Waals surface area contributed by atoms with E-state index in [4.69, 9.17) is 12.3 Å². The first-order valence-electron chi connectivity index (χ1n) is 22.2. The van der Waals surface area contributed by atoms with Crippen molar-refractivity contribution in [2.24, 2.45) is 16.2 Å². The average molecular weight is 886 g/mol. The normalized spacial score (nSPS) is 15.2. The maximum atomic E-state index is 8.98. The van der Waals surface area contributed by atoms with E-state index >= 15 is 0 Å². The minimum atomic E-state index is -2.34. The fraction of sp³-hybridized carbons (Fsp3) is 0.320. The predicted octanol–water partition coefficient (Wildman–Crippen LogP) is 13.5. The number of nitrogens with zero attached hydrogens (tertiary/aromatic N) is 2. The van der Waals surface area contributed by atoms with Gasteiger partial charge in [-0.05, 0) is 86.2 Å². The smallest absolute Gasteiger partial charge is 0.0322 e. The Kier molecular flexibility index (Phi) is 10.1. The first-order valence-corrected chi connectivity index (χ1v) is 17.7. The molecule has 3 heteroatoms. The van der Waals surface area contributed by atoms with Crippen molar-refractivity contribution in [1.82, 2.24) is 9.97 Å². The molecule has 0 spiro atoms. The molecule has 277 valence electrons. The molecular formula is C50H56IrN2-2. The Hall–Kier alpha value is -4.17. The van der Waals surface area contributed by atoms with Crippen LogP contribution in [0.4, 0.5) is 0 Å². The van der Waals surface area contributed by atoms with Crippen LogP contribution in [0, 0.1) is 35.2 Å². The monoisotopic (exact) mass is 886 g/mol. The van der Waals surface area contributed by atoms with Crippen molar-refractivity contribution in [2.45, 2.75) is 88.3 Å². The van der Waals surface area contributed by atoms with Gasteiger partial charge in [0.25, 0.3) is 0 Å². The van der Waals surface area contributed by atoms with Gasteiger partial charge in [-0.3, -0.25) is 0 Å². The molecule has 0 fully saturated rings. The van der Waals surface area contributed by atoms with E-state index < -0.39 is 42.2 Å². The molecule has 1 radical (unpaired) electrons. The Balaban J connectivity index is 0.000000285. The van der Waals surface area contributed by atoms with Gasteiger partial charge in [-0.2, -0.15) is 0 Å². The van der Waals surface area contributed by atoms with Gasteiger partial charge in [0.1, 0.15) is 0 Å². The zero-order valence-corrected chi connectivity index (χ0v) is 34.7. The van der Waals surface area contributed by atoms with E-state index in [0.717, 1.165) is 27.9 Å². The summed E-state index contributed by atoms with van der Waals surface area (Å²) in [6.45, 7) is 14.1. The van der Waals surface area contributed by atoms with Gasteiger partial charge >= 0.3 is 0 Å². The molecule has 0 saturated heterocycles. The summed E-state index contributed by atoms with van der Waals surface area (Å²) in [7, 11) is 0. The SMILES string of the molecule is [2H]C([2H])([2H])c1c[c-]c(-c2cc(C([2H])([2H])C(C)(C)C)c(C([2H])([2H])C(C)(C)C)cn2)cc1-c1ccccc1.[2H]C([2H])(c1ccc(-c2ccnc(-c3[c-]cccc3)c2)cc1)C(C)(C)C.[Ir]. The summed E-state index contributed by atoms with van der Waals surface area (Å²) in [6, 6.07) is 39.7. The maximum absolute atomic E-state index is 8.98. The van der Waals surface area contributed by atoms with Gasteiger partial charge in [0, 0.05) is 44.8 Å². The molecule has 0 aliphatic heterocycles. The molecule has 2 aromatic heterocycles. The van der Waals surface area contributed by atoms with E-state index in [1.165, 1.54) is 12.3 Å². The Morgan fingerprint density at radius 3 is 1.85 bits per heavy atom. The number of aromatic nitrogens is 2. The average Bonchev–Trinajstić information content (AvgIpc) is 3.20. The molecule has 6 rings (SSSR count). The topological polar surface area (TPSA) is 25.8 Å². The van der Waals surface area contributed by atoms with Crippen LogP contribution < -0.4 is 0 Å². The summed E-state index contributed by atoms with van der Waals surface area (Å²) in [5.74, 6) is 0. The van der Waals surface area contributed by atoms with Crippen LogP contribution in [0.2, 0.25) is 0 Å². The van der Waals surface area contributed by atoms with Gasteiger partial charge in [-0.25, -0.2) is 0 Å². The largest absolute Gasteiger partial charge is 0.305 e. The molecular weight excluding hydrogens is 821 g/mol. The zero-order chi connectivity index (χ0) is 45.4. The molecule has 6 aromatic rings. The van der Waals surface area contributed by atoms with Crippen LogP contribution in [0.25, 0.3) is 44.8 Å². The minimum Gasteiger partial charge on any atom is -0.305 e. The van der Waals surface area contributed by atoms with Gasteiger partial charge in [-0.15, -0.1) is 65.2 Å². The Morgan fingerprint density at radius 2 is 1.23 bits per heavy atom. The summed E-state index contributed by atoms with van der Waals surface area (Å²) in [4.78, 5) is 8.97. The summed E-state index contributed by atoms with van der Waals surface area (Å²) < 4.78 is 76.4. The number of hydrogen-bond donors (Lipinski definition) is 0. The summed E-state index contributed by atoms with van der Waals surface area (Å²) in [5, 5.41) is 0. The summed E-state index contributed by atoms with van der Waals surface area (Å²) in [6.07, 6.45) is -1.88. The fourth-order valence-electron chi connectivity index (χ4n) is 5.60. The zero-order valence-electron chi connectivity index (χ0n) is 41.3. The second kappa shape index (κ2) is 17.8. The van der Waals surface area contributed by atoms with Crippen molar-refractivity contribution in [2.75, 3.05) is 0 Å². The molecule has 0 bridgehead atoms. The van der Waals surface area contributed by atoms with Crippen LogP contribution in [0.3, 0.4) is 0 Å². The van der Waals surface area contributed by atoms with Crippen LogP contribution in [0.1, 0.15) is 96.9 Å². The third kappa shape index (κ3) is 12.7. The van der Waals surface area contributed by atoms with Crippen molar-refractivity contribution < 1.29 is 32.4 Å². The Morgan fingerprint density at radius 1 is 0.585 bits per heavy atom. The fourth-order valence-corrected chi connectivity index (χ4v) is 5.60. The van der Waals surface area contributed by atoms with Gasteiger partial charge in [0.15, 0.2) is 0 Å². The number of pyridine rings is 2. The molecule has 4 aromatic carbocycles. The van der Waals surface area contributed by atoms with Crippen LogP contribution in [0.15, 0.2) is 122 Å². The Bertz CT molecular complexity index is 2430. The number of rotatable bonds is 7. The van der Waals surface area contributed by atoms with Gasteiger partial charge in [-0.1, -0.05) is 141 Å². The molecule has 0 aliphatic rings. The second-order valence-electron chi connectivity index (χ2n) is 16.1. The van der Waals surface area contributed by atoms with Crippen LogP contribution in [0.5, 0.6) is 0 Å². The quantitative estimate of drug-likeness (QED) is 0.149. The molecule has 2 heterocycles. The first-order chi connectivity index (χ1) is 28.1. The molecule has 0 unspecified atom stereocenters. The molecule has 0 aliphatic carbocycles. The standard InChI is InChI=1S/C28H34N.C22H22N.Ir/c1-20-13-14-22(15-25(20)21-11-9-8-10-12-21)26-16-23(17-27(2,3)4)24(19-29-26)18-28(5,6)7;1-22(2,3)16-17-9-11-18(12-10-17)20-13-14-23-21(15-20)19-7-5-4-6-8-19;/h8-13,15-16,19H,17-18H2,1-7H3;4-7,9-15H,16H2,1-3H3;/q2*-1;/i1D3,17D2,18D2;16D2;. The molecule has 2 nitrogen and oxygen atoms in total. The van der Waals surface area contributed by atoms with E-state index in [1.54, 1.807) is 59.9 Å². The molecule has 53 heavy (non-hydrogen) atoms. The predicted molar refractivity (Wildman–Crippen MR) is 222 cm³/mol. The molecule has 0 saturated carbocycles. The van der Waals surface area contributed by atoms with Crippen molar-refractivity contribution in [3.63, 3.8) is 0 Å². The molecule has 0 amide bonds. The van der Waals surface area contributed by atoms with Crippen molar-refractivity contribution in [3.8, 4) is 44.8 Å². The number of hydrogen-bond acceptors (Lipinski definition) is 2. The van der Waals surface area contributed by atoms with E-state index in [-0.39, 0.29) is 36.8 Å². The van der Waals surface area contributed by atoms with Gasteiger partial charge in [0.05, 0.1) is 0 Å². The number of benzene rings is 4. The minimum absolute atomic E-state index is 0. The summed E-state index contributed by atoms with van der Waals surface area (Å²) >= 11 is 0. The van der Waals surface area contributed by atoms with Crippen molar-refractivity contribution >= 4 is 0 Å². The van der Waals surface area contributed by atoms with E-state index in [9.17, 15) is 0 Å². The Labute approximate surface area is 346 Å². The van der Waals surface area contributed by atoms with Crippen molar-refractivity contribution in [3.05, 3.63) is 156 Å². The molecule has 0 atom stereocenters. The van der Waals surface area contributed by atoms with Crippen LogP contribution in [-0.2, 0) is 39.2 Å². The summed E-state index contributed by atoms with van der Waals surface area (Å²) in [5.41, 5.74) is 5.37. The number of aryl methyl sites for hydroxylation is 1. The van der Waals surface area contributed by atoms with Gasteiger partial charge in [0.2, 0.25) is 0 Å². The van der Waals surface area contributed by atoms with E-state index in [0.29, 0.717) is 22.4 Å². The van der Waals surface area contributed by atoms with Crippen LogP contribution >= 0.6 is 0 Å². The van der Waals surface area contributed by atoms with Crippen molar-refractivity contribution in [1.29, 1.82) is 0 Å². The first kappa shape index (κ1) is 30.2. The van der Waals surface area contributed by atoms with Crippen LogP contribution in [-0.4, -0.2) is 9.97 Å². The third-order valence-electron chi connectivity index (χ3n) is 7.72. The molecule has 0 N–H and O–H groups in total. The van der Waals surface area contributed by atoms with E-state index in [2.05, 4.69) is 22.1 Å². The van der Waals surface area contributed by atoms with Gasteiger partial charge < -0.3 is 9.97 Å². The van der Waals surface area contributed by atoms with E-state index in [1.807, 2.05) is 112 Å². The second-order valence-corrected chi connectivity index (χ2v) is 16.1. The maximum Gasteiger partial charge on any atom is 0.0322 e.